The normalized spacial score (nSPS) is 17.7. The summed E-state index contributed by atoms with van der Waals surface area (Å²) < 4.78 is 14.6. The molecule has 1 N–H and O–H groups in total. The average Bonchev–Trinajstić information content (AvgIpc) is 3.08. The van der Waals surface area contributed by atoms with Crippen LogP contribution in [0.25, 0.3) is 16.5 Å². The molecule has 2 aliphatic rings. The van der Waals surface area contributed by atoms with Crippen LogP contribution in [0, 0.1) is 17.8 Å². The van der Waals surface area contributed by atoms with Gasteiger partial charge in [-0.3, -0.25) is 5.10 Å². The Kier molecular flexibility index (Phi) is 5.58. The van der Waals surface area contributed by atoms with Gasteiger partial charge in [-0.05, 0) is 78.5 Å². The number of nitrogens with one attached hydrogen (secondary N) is 1. The van der Waals surface area contributed by atoms with E-state index in [0.717, 1.165) is 62.6 Å². The zero-order valence-electron chi connectivity index (χ0n) is 18.8. The van der Waals surface area contributed by atoms with Crippen LogP contribution in [0.2, 0.25) is 0 Å². The number of rotatable bonds is 4. The Morgan fingerprint density at radius 1 is 1.09 bits per heavy atom. The Bertz CT molecular complexity index is 1170. The molecular weight excluding hydrogens is 401 g/mol. The van der Waals surface area contributed by atoms with E-state index in [1.54, 1.807) is 0 Å². The third kappa shape index (κ3) is 3.64. The number of allylic oxidation sites excluding steroid dienone is 1. The van der Waals surface area contributed by atoms with E-state index in [9.17, 15) is 9.18 Å². The van der Waals surface area contributed by atoms with Crippen molar-refractivity contribution in [2.24, 2.45) is 11.8 Å². The lowest BCUT2D eigenvalue weighted by Gasteiger charge is -2.31. The highest BCUT2D eigenvalue weighted by molar-refractivity contribution is 5.93. The van der Waals surface area contributed by atoms with Crippen LogP contribution in [0.15, 0.2) is 42.0 Å². The fourth-order valence-corrected chi connectivity index (χ4v) is 5.44. The highest BCUT2D eigenvalue weighted by atomic mass is 19.1. The Labute approximate surface area is 188 Å². The van der Waals surface area contributed by atoms with Gasteiger partial charge in [0.2, 0.25) is 5.95 Å². The quantitative estimate of drug-likeness (QED) is 0.522. The number of halogens is 1. The first-order valence-electron chi connectivity index (χ1n) is 11.8. The van der Waals surface area contributed by atoms with Crippen molar-refractivity contribution in [3.8, 4) is 0 Å². The number of aryl methyl sites for hydroxylation is 1. The van der Waals surface area contributed by atoms with Crippen molar-refractivity contribution < 1.29 is 9.18 Å². The SMILES string of the molecule is CC(C)C1=C(c2ccc(N3CCC(C=O)CC3)cc2)c2ccc3n[nH]c(F)c3c2CCC1. The molecule has 5 rings (SSSR count). The van der Waals surface area contributed by atoms with Crippen molar-refractivity contribution in [2.75, 3.05) is 18.0 Å². The van der Waals surface area contributed by atoms with E-state index >= 15 is 0 Å². The summed E-state index contributed by atoms with van der Waals surface area (Å²) in [6.45, 7) is 6.35. The first kappa shape index (κ1) is 20.9. The number of aromatic nitrogens is 2. The molecule has 2 heterocycles. The van der Waals surface area contributed by atoms with Gasteiger partial charge in [0.05, 0.1) is 10.9 Å². The van der Waals surface area contributed by atoms with Crippen LogP contribution < -0.4 is 4.90 Å². The number of nitrogens with zero attached hydrogens (tertiary/aromatic N) is 2. The van der Waals surface area contributed by atoms with Crippen LogP contribution in [-0.2, 0) is 11.2 Å². The molecule has 5 heteroatoms. The lowest BCUT2D eigenvalue weighted by Crippen LogP contribution is -2.34. The van der Waals surface area contributed by atoms with Crippen LogP contribution in [0.1, 0.15) is 56.2 Å². The Balaban J connectivity index is 1.57. The smallest absolute Gasteiger partial charge is 0.217 e. The number of piperidine rings is 1. The molecule has 0 radical (unpaired) electrons. The minimum atomic E-state index is -0.335. The summed E-state index contributed by atoms with van der Waals surface area (Å²) in [7, 11) is 0. The van der Waals surface area contributed by atoms with E-state index in [2.05, 4.69) is 59.3 Å². The molecule has 4 nitrogen and oxygen atoms in total. The molecule has 0 saturated carbocycles. The minimum absolute atomic E-state index is 0.201. The number of aldehydes is 1. The van der Waals surface area contributed by atoms with E-state index in [-0.39, 0.29) is 11.9 Å². The molecule has 0 atom stereocenters. The summed E-state index contributed by atoms with van der Waals surface area (Å²) in [6, 6.07) is 12.9. The molecule has 0 spiro atoms. The number of carbonyl (C=O) groups excluding carboxylic acids is 1. The molecule has 0 amide bonds. The van der Waals surface area contributed by atoms with Crippen molar-refractivity contribution in [3.05, 3.63) is 64.6 Å². The third-order valence-electron chi connectivity index (χ3n) is 7.20. The second-order valence-electron chi connectivity index (χ2n) is 9.44. The summed E-state index contributed by atoms with van der Waals surface area (Å²) in [5, 5.41) is 7.31. The zero-order chi connectivity index (χ0) is 22.2. The Hall–Kier alpha value is -2.95. The highest BCUT2D eigenvalue weighted by Gasteiger charge is 2.25. The monoisotopic (exact) mass is 431 g/mol. The maximum absolute atomic E-state index is 14.6. The van der Waals surface area contributed by atoms with Gasteiger partial charge in [-0.1, -0.05) is 37.6 Å². The molecule has 2 aromatic carbocycles. The van der Waals surface area contributed by atoms with Crippen molar-refractivity contribution in [2.45, 2.75) is 46.0 Å². The van der Waals surface area contributed by atoms with Gasteiger partial charge in [0.25, 0.3) is 0 Å². The number of fused-ring (bicyclic) bond motifs is 3. The zero-order valence-corrected chi connectivity index (χ0v) is 18.8. The summed E-state index contributed by atoms with van der Waals surface area (Å²) in [4.78, 5) is 13.4. The van der Waals surface area contributed by atoms with Crippen LogP contribution in [0.3, 0.4) is 0 Å². The number of H-pyrrole nitrogens is 1. The number of hydrogen-bond donors (Lipinski definition) is 1. The van der Waals surface area contributed by atoms with Crippen LogP contribution >= 0.6 is 0 Å². The van der Waals surface area contributed by atoms with Crippen molar-refractivity contribution >= 4 is 28.4 Å². The van der Waals surface area contributed by atoms with Gasteiger partial charge < -0.3 is 9.69 Å². The van der Waals surface area contributed by atoms with Gasteiger partial charge >= 0.3 is 0 Å². The summed E-state index contributed by atoms with van der Waals surface area (Å²) >= 11 is 0. The van der Waals surface area contributed by atoms with E-state index in [1.165, 1.54) is 22.4 Å². The Morgan fingerprint density at radius 3 is 2.53 bits per heavy atom. The predicted molar refractivity (Wildman–Crippen MR) is 127 cm³/mol. The molecular formula is C27H30FN3O. The van der Waals surface area contributed by atoms with Crippen LogP contribution in [0.4, 0.5) is 10.1 Å². The second kappa shape index (κ2) is 8.53. The van der Waals surface area contributed by atoms with E-state index in [1.807, 2.05) is 6.07 Å². The number of carbonyl (C=O) groups is 1. The van der Waals surface area contributed by atoms with Gasteiger partial charge in [0.15, 0.2) is 0 Å². The lowest BCUT2D eigenvalue weighted by molar-refractivity contribution is -0.111. The van der Waals surface area contributed by atoms with Gasteiger partial charge in [-0.15, -0.1) is 0 Å². The maximum Gasteiger partial charge on any atom is 0.217 e. The van der Waals surface area contributed by atoms with Gasteiger partial charge in [-0.25, -0.2) is 0 Å². The average molecular weight is 432 g/mol. The summed E-state index contributed by atoms with van der Waals surface area (Å²) in [5.74, 6) is 0.285. The first-order valence-corrected chi connectivity index (χ1v) is 11.8. The van der Waals surface area contributed by atoms with Gasteiger partial charge in [0, 0.05) is 24.7 Å². The summed E-state index contributed by atoms with van der Waals surface area (Å²) in [5.41, 5.74) is 7.98. The van der Waals surface area contributed by atoms with Crippen molar-refractivity contribution in [1.82, 2.24) is 10.2 Å². The van der Waals surface area contributed by atoms with Crippen LogP contribution in [0.5, 0.6) is 0 Å². The first-order chi connectivity index (χ1) is 15.6. The van der Waals surface area contributed by atoms with Crippen LogP contribution in [-0.4, -0.2) is 29.6 Å². The molecule has 1 aliphatic carbocycles. The topological polar surface area (TPSA) is 49.0 Å². The summed E-state index contributed by atoms with van der Waals surface area (Å²) in [6.07, 6.45) is 5.83. The number of hydrogen-bond acceptors (Lipinski definition) is 3. The lowest BCUT2D eigenvalue weighted by atomic mass is 9.85. The van der Waals surface area contributed by atoms with Gasteiger partial charge in [0.1, 0.15) is 6.29 Å². The molecule has 1 aliphatic heterocycles. The molecule has 0 bridgehead atoms. The molecule has 32 heavy (non-hydrogen) atoms. The maximum atomic E-state index is 14.6. The Morgan fingerprint density at radius 2 is 1.84 bits per heavy atom. The third-order valence-corrected chi connectivity index (χ3v) is 7.20. The van der Waals surface area contributed by atoms with E-state index < -0.39 is 0 Å². The van der Waals surface area contributed by atoms with Gasteiger partial charge in [-0.2, -0.15) is 9.49 Å². The molecule has 3 aromatic rings. The standard InChI is InChI=1S/C27H30FN3O/c1-17(2)21-4-3-5-22-23(10-11-24-26(22)27(28)30-29-24)25(21)19-6-8-20(9-7-19)31-14-12-18(16-32)13-15-31/h6-11,16-18H,3-5,12-15H2,1-2H3,(H,29,30). The molecule has 0 unspecified atom stereocenters. The molecule has 1 saturated heterocycles. The minimum Gasteiger partial charge on any atom is -0.371 e. The number of aromatic amines is 1. The van der Waals surface area contributed by atoms with Crippen molar-refractivity contribution in [1.29, 1.82) is 0 Å². The molecule has 1 aromatic heterocycles. The van der Waals surface area contributed by atoms with Crippen molar-refractivity contribution in [3.63, 3.8) is 0 Å². The number of benzene rings is 2. The van der Waals surface area contributed by atoms with E-state index in [0.29, 0.717) is 16.8 Å². The molecule has 166 valence electrons. The highest BCUT2D eigenvalue weighted by Crippen LogP contribution is 2.41. The predicted octanol–water partition coefficient (Wildman–Crippen LogP) is 5.91. The fraction of sp³-hybridized carbons (Fsp3) is 0.407. The second-order valence-corrected chi connectivity index (χ2v) is 9.44. The fourth-order valence-electron chi connectivity index (χ4n) is 5.44. The van der Waals surface area contributed by atoms with E-state index in [4.69, 9.17) is 0 Å². The largest absolute Gasteiger partial charge is 0.371 e. The molecule has 1 fully saturated rings. The number of anilines is 1.